The third-order valence-corrected chi connectivity index (χ3v) is 2.62. The van der Waals surface area contributed by atoms with Crippen LogP contribution in [0.1, 0.15) is 27.2 Å². The molecule has 0 atom stereocenters. The average Bonchev–Trinajstić information content (AvgIpc) is 2.57. The normalized spacial score (nSPS) is 12.2. The van der Waals surface area contributed by atoms with E-state index in [0.717, 1.165) is 13.0 Å². The zero-order valence-corrected chi connectivity index (χ0v) is 9.70. The van der Waals surface area contributed by atoms with Crippen molar-refractivity contribution < 1.29 is 0 Å². The lowest BCUT2D eigenvalue weighted by Gasteiger charge is -2.17. The summed E-state index contributed by atoms with van der Waals surface area (Å²) in [6.45, 7) is 7.78. The van der Waals surface area contributed by atoms with Gasteiger partial charge in [0.15, 0.2) is 0 Å². The maximum absolute atomic E-state index is 4.42. The monoisotopic (exact) mass is 202 g/mol. The number of hydrogen-bond donors (Lipinski definition) is 0. The number of fused-ring (bicyclic) bond motifs is 1. The van der Waals surface area contributed by atoms with E-state index in [9.17, 15) is 0 Å². The maximum Gasteiger partial charge on any atom is 0.0682 e. The molecule has 80 valence electrons. The first-order valence-electron chi connectivity index (χ1n) is 5.47. The number of aromatic nitrogens is 2. The van der Waals surface area contributed by atoms with Crippen LogP contribution in [-0.2, 0) is 6.54 Å². The molecule has 2 aromatic rings. The van der Waals surface area contributed by atoms with E-state index >= 15 is 0 Å². The third-order valence-electron chi connectivity index (χ3n) is 2.62. The largest absolute Gasteiger partial charge is 0.265 e. The first-order chi connectivity index (χ1) is 7.06. The molecular formula is C13H18N2. The van der Waals surface area contributed by atoms with Crippen LogP contribution < -0.4 is 0 Å². The van der Waals surface area contributed by atoms with Gasteiger partial charge in [0.1, 0.15) is 0 Å². The molecule has 2 rings (SSSR count). The number of aryl methyl sites for hydroxylation is 1. The van der Waals surface area contributed by atoms with Gasteiger partial charge in [0, 0.05) is 11.9 Å². The Balaban J connectivity index is 2.22. The zero-order valence-electron chi connectivity index (χ0n) is 9.70. The van der Waals surface area contributed by atoms with Gasteiger partial charge in [-0.05, 0) is 17.9 Å². The smallest absolute Gasteiger partial charge is 0.0682 e. The number of benzene rings is 1. The summed E-state index contributed by atoms with van der Waals surface area (Å²) in [5.74, 6) is 0. The summed E-state index contributed by atoms with van der Waals surface area (Å²) in [4.78, 5) is 0. The van der Waals surface area contributed by atoms with Gasteiger partial charge in [0.05, 0.1) is 11.7 Å². The van der Waals surface area contributed by atoms with Gasteiger partial charge in [0.2, 0.25) is 0 Å². The Morgan fingerprint density at radius 1 is 1.20 bits per heavy atom. The van der Waals surface area contributed by atoms with Crippen LogP contribution in [0, 0.1) is 5.41 Å². The minimum Gasteiger partial charge on any atom is -0.265 e. The van der Waals surface area contributed by atoms with Gasteiger partial charge in [-0.25, -0.2) is 0 Å². The van der Waals surface area contributed by atoms with Crippen LogP contribution in [0.4, 0.5) is 0 Å². The first-order valence-corrected chi connectivity index (χ1v) is 5.47. The highest BCUT2D eigenvalue weighted by atomic mass is 15.3. The van der Waals surface area contributed by atoms with Crippen LogP contribution in [0.2, 0.25) is 0 Å². The molecule has 0 aliphatic carbocycles. The van der Waals surface area contributed by atoms with E-state index in [4.69, 9.17) is 0 Å². The number of nitrogens with zero attached hydrogens (tertiary/aromatic N) is 2. The summed E-state index contributed by atoms with van der Waals surface area (Å²) < 4.78 is 2.10. The second-order valence-electron chi connectivity index (χ2n) is 5.24. The minimum atomic E-state index is 0.368. The summed E-state index contributed by atoms with van der Waals surface area (Å²) in [6, 6.07) is 8.36. The molecule has 0 aliphatic rings. The highest BCUT2D eigenvalue weighted by Gasteiger charge is 2.11. The van der Waals surface area contributed by atoms with Crippen molar-refractivity contribution in [1.29, 1.82) is 0 Å². The van der Waals surface area contributed by atoms with Crippen LogP contribution in [0.5, 0.6) is 0 Å². The molecule has 0 radical (unpaired) electrons. The fraction of sp³-hybridized carbons (Fsp3) is 0.462. The van der Waals surface area contributed by atoms with Gasteiger partial charge in [0.25, 0.3) is 0 Å². The Hall–Kier alpha value is -1.31. The molecule has 0 amide bonds. The number of rotatable bonds is 2. The lowest BCUT2D eigenvalue weighted by molar-refractivity contribution is 0.344. The summed E-state index contributed by atoms with van der Waals surface area (Å²) >= 11 is 0. The predicted molar refractivity (Wildman–Crippen MR) is 63.8 cm³/mol. The average molecular weight is 202 g/mol. The Bertz CT molecular complexity index is 449. The molecule has 1 aromatic heterocycles. The first kappa shape index (κ1) is 10.2. The van der Waals surface area contributed by atoms with Crippen LogP contribution >= 0.6 is 0 Å². The van der Waals surface area contributed by atoms with Gasteiger partial charge >= 0.3 is 0 Å². The van der Waals surface area contributed by atoms with Crippen molar-refractivity contribution in [3.8, 4) is 0 Å². The quantitative estimate of drug-likeness (QED) is 0.729. The maximum atomic E-state index is 4.42. The second kappa shape index (κ2) is 3.69. The molecule has 1 heterocycles. The minimum absolute atomic E-state index is 0.368. The topological polar surface area (TPSA) is 17.8 Å². The molecule has 2 nitrogen and oxygen atoms in total. The molecule has 0 spiro atoms. The standard InChI is InChI=1S/C13H18N2/c1-13(2,3)8-9-15-12-7-5-4-6-11(12)10-14-15/h4-7,10H,8-9H2,1-3H3. The molecule has 2 heteroatoms. The van der Waals surface area contributed by atoms with Crippen molar-refractivity contribution in [2.75, 3.05) is 0 Å². The van der Waals surface area contributed by atoms with Crippen molar-refractivity contribution in [3.63, 3.8) is 0 Å². The SMILES string of the molecule is CC(C)(C)CCn1ncc2ccccc21. The lowest BCUT2D eigenvalue weighted by Crippen LogP contribution is -2.11. The molecule has 0 bridgehead atoms. The van der Waals surface area contributed by atoms with Crippen molar-refractivity contribution in [3.05, 3.63) is 30.5 Å². The van der Waals surface area contributed by atoms with E-state index in [1.165, 1.54) is 10.9 Å². The second-order valence-corrected chi connectivity index (χ2v) is 5.24. The van der Waals surface area contributed by atoms with Crippen molar-refractivity contribution in [2.24, 2.45) is 5.41 Å². The molecule has 0 aliphatic heterocycles. The summed E-state index contributed by atoms with van der Waals surface area (Å²) in [5.41, 5.74) is 1.61. The Morgan fingerprint density at radius 2 is 1.93 bits per heavy atom. The number of para-hydroxylation sites is 1. The van der Waals surface area contributed by atoms with Crippen molar-refractivity contribution in [1.82, 2.24) is 9.78 Å². The molecule has 0 saturated heterocycles. The lowest BCUT2D eigenvalue weighted by atomic mass is 9.92. The van der Waals surface area contributed by atoms with Gasteiger partial charge in [-0.3, -0.25) is 4.68 Å². The molecule has 0 fully saturated rings. The van der Waals surface area contributed by atoms with Gasteiger partial charge in [-0.1, -0.05) is 39.0 Å². The van der Waals surface area contributed by atoms with Crippen molar-refractivity contribution >= 4 is 10.9 Å². The van der Waals surface area contributed by atoms with Crippen molar-refractivity contribution in [2.45, 2.75) is 33.7 Å². The summed E-state index contributed by atoms with van der Waals surface area (Å²) in [5, 5.41) is 5.64. The summed E-state index contributed by atoms with van der Waals surface area (Å²) in [6.07, 6.45) is 3.09. The van der Waals surface area contributed by atoms with E-state index in [2.05, 4.69) is 54.8 Å². The molecule has 0 N–H and O–H groups in total. The van der Waals surface area contributed by atoms with E-state index < -0.39 is 0 Å². The fourth-order valence-corrected chi connectivity index (χ4v) is 1.65. The highest BCUT2D eigenvalue weighted by molar-refractivity contribution is 5.78. The molecule has 15 heavy (non-hydrogen) atoms. The molecule has 1 aromatic carbocycles. The van der Waals surface area contributed by atoms with Crippen LogP contribution in [-0.4, -0.2) is 9.78 Å². The van der Waals surface area contributed by atoms with E-state index in [1.807, 2.05) is 6.20 Å². The van der Waals surface area contributed by atoms with E-state index in [0.29, 0.717) is 5.41 Å². The zero-order chi connectivity index (χ0) is 10.9. The third kappa shape index (κ3) is 2.38. The van der Waals surface area contributed by atoms with E-state index in [-0.39, 0.29) is 0 Å². The molecule has 0 unspecified atom stereocenters. The van der Waals surface area contributed by atoms with Crippen LogP contribution in [0.25, 0.3) is 10.9 Å². The Labute approximate surface area is 90.9 Å². The molecular weight excluding hydrogens is 184 g/mol. The van der Waals surface area contributed by atoms with Gasteiger partial charge in [-0.2, -0.15) is 5.10 Å². The fourth-order valence-electron chi connectivity index (χ4n) is 1.65. The van der Waals surface area contributed by atoms with Crippen LogP contribution in [0.3, 0.4) is 0 Å². The Morgan fingerprint density at radius 3 is 2.67 bits per heavy atom. The highest BCUT2D eigenvalue weighted by Crippen LogP contribution is 2.21. The Kier molecular flexibility index (Phi) is 2.51. The van der Waals surface area contributed by atoms with Crippen LogP contribution in [0.15, 0.2) is 30.5 Å². The number of hydrogen-bond acceptors (Lipinski definition) is 1. The van der Waals surface area contributed by atoms with Gasteiger partial charge < -0.3 is 0 Å². The molecule has 0 saturated carbocycles. The van der Waals surface area contributed by atoms with E-state index in [1.54, 1.807) is 0 Å². The predicted octanol–water partition coefficient (Wildman–Crippen LogP) is 3.47. The van der Waals surface area contributed by atoms with Gasteiger partial charge in [-0.15, -0.1) is 0 Å². The summed E-state index contributed by atoms with van der Waals surface area (Å²) in [7, 11) is 0.